The zero-order chi connectivity index (χ0) is 24.5. The van der Waals surface area contributed by atoms with Crippen molar-refractivity contribution in [2.45, 2.75) is 61.7 Å². The maximum atomic E-state index is 14.1. The lowest BCUT2D eigenvalue weighted by molar-refractivity contribution is -0.184. The molecule has 178 valence electrons. The van der Waals surface area contributed by atoms with Crippen LogP contribution in [0.5, 0.6) is 0 Å². The molecular weight excluding hydrogens is 450 g/mol. The first-order chi connectivity index (χ1) is 15.9. The van der Waals surface area contributed by atoms with E-state index in [0.717, 1.165) is 20.3 Å². The number of hydrogen-bond donors (Lipinski definition) is 0. The Hall–Kier alpha value is -2.76. The zero-order valence-electron chi connectivity index (χ0n) is 18.8. The minimum absolute atomic E-state index is 0.137. The molecule has 0 spiro atoms. The van der Waals surface area contributed by atoms with Crippen LogP contribution < -0.4 is 0 Å². The summed E-state index contributed by atoms with van der Waals surface area (Å²) in [4.78, 5) is 0. The second kappa shape index (κ2) is 7.37. The van der Waals surface area contributed by atoms with Gasteiger partial charge >= 0.3 is 12.4 Å². The van der Waals surface area contributed by atoms with E-state index in [-0.39, 0.29) is 23.0 Å². The van der Waals surface area contributed by atoms with E-state index in [9.17, 15) is 26.3 Å². The fraction of sp³-hybridized carbons (Fsp3) is 0.357. The molecule has 0 aliphatic heterocycles. The van der Waals surface area contributed by atoms with Gasteiger partial charge in [0.25, 0.3) is 0 Å². The van der Waals surface area contributed by atoms with E-state index >= 15 is 0 Å². The average molecular weight is 474 g/mol. The summed E-state index contributed by atoms with van der Waals surface area (Å²) in [6, 6.07) is 10.8. The topological polar surface area (TPSA) is 0 Å². The highest BCUT2D eigenvalue weighted by Crippen LogP contribution is 2.55. The molecule has 0 bridgehead atoms. The van der Waals surface area contributed by atoms with Crippen molar-refractivity contribution < 1.29 is 26.3 Å². The molecule has 0 fully saturated rings. The summed E-state index contributed by atoms with van der Waals surface area (Å²) < 4.78 is 84.5. The van der Waals surface area contributed by atoms with Crippen LogP contribution in [0, 0.1) is 0 Å². The summed E-state index contributed by atoms with van der Waals surface area (Å²) in [5.74, 6) is 0.0881. The van der Waals surface area contributed by atoms with E-state index < -0.39 is 23.2 Å². The molecule has 3 aliphatic carbocycles. The highest BCUT2D eigenvalue weighted by molar-refractivity contribution is 5.68. The first-order valence-electron chi connectivity index (χ1n) is 11.3. The molecule has 6 heteroatoms. The molecule has 0 saturated heterocycles. The highest BCUT2D eigenvalue weighted by Gasteiger charge is 2.60. The molecule has 0 saturated carbocycles. The van der Waals surface area contributed by atoms with E-state index in [1.165, 1.54) is 23.3 Å². The van der Waals surface area contributed by atoms with E-state index in [0.29, 0.717) is 29.7 Å². The van der Waals surface area contributed by atoms with Crippen LogP contribution in [0.25, 0.3) is 12.2 Å². The number of hydrogen-bond acceptors (Lipinski definition) is 0. The van der Waals surface area contributed by atoms with Gasteiger partial charge in [0.15, 0.2) is 0 Å². The summed E-state index contributed by atoms with van der Waals surface area (Å²) in [7, 11) is 0. The third kappa shape index (κ3) is 3.29. The van der Waals surface area contributed by atoms with Crippen LogP contribution in [0.4, 0.5) is 26.3 Å². The molecule has 0 radical (unpaired) electrons. The number of rotatable bonds is 3. The summed E-state index contributed by atoms with van der Waals surface area (Å²) in [5, 5.41) is 0. The third-order valence-electron chi connectivity index (χ3n) is 7.87. The van der Waals surface area contributed by atoms with Gasteiger partial charge in [-0.15, -0.1) is 0 Å². The first kappa shape index (κ1) is 23.0. The number of fused-ring (bicyclic) bond motifs is 3. The van der Waals surface area contributed by atoms with Gasteiger partial charge in [0, 0.05) is 11.8 Å². The average Bonchev–Trinajstić information content (AvgIpc) is 3.36. The molecule has 0 heterocycles. The largest absolute Gasteiger partial charge is 0.401 e. The summed E-state index contributed by atoms with van der Waals surface area (Å²) in [6.07, 6.45) is 1.29. The standard InChI is InChI=1S/C28H24F6/c1-25(27(29,30)31)13-14-26(2,28(32,33)34)24-16-22-19(11-12-20(22)15-23(24)25)10-9-18-8-7-17-5-3-4-6-21(17)18/h3-8,11-16,18-19H,9-10H2,1-2H3. The Balaban J connectivity index is 1.52. The van der Waals surface area contributed by atoms with E-state index in [2.05, 4.69) is 18.2 Å². The molecule has 4 unspecified atom stereocenters. The number of allylic oxidation sites excluding steroid dienone is 4. The molecule has 0 nitrogen and oxygen atoms in total. The maximum Gasteiger partial charge on any atom is 0.401 e. The summed E-state index contributed by atoms with van der Waals surface area (Å²) in [6.45, 7) is 1.91. The molecule has 5 rings (SSSR count). The van der Waals surface area contributed by atoms with Crippen LogP contribution in [0.3, 0.4) is 0 Å². The first-order valence-corrected chi connectivity index (χ1v) is 11.3. The van der Waals surface area contributed by atoms with Crippen molar-refractivity contribution in [2.24, 2.45) is 0 Å². The van der Waals surface area contributed by atoms with Crippen molar-refractivity contribution in [1.29, 1.82) is 0 Å². The van der Waals surface area contributed by atoms with Gasteiger partial charge in [-0.25, -0.2) is 0 Å². The fourth-order valence-electron chi connectivity index (χ4n) is 5.48. The van der Waals surface area contributed by atoms with Crippen molar-refractivity contribution in [2.75, 3.05) is 0 Å². The molecule has 2 aromatic carbocycles. The summed E-state index contributed by atoms with van der Waals surface area (Å²) in [5.41, 5.74) is -1.95. The number of halogens is 6. The molecule has 0 amide bonds. The smallest absolute Gasteiger partial charge is 0.170 e. The van der Waals surface area contributed by atoms with Crippen LogP contribution in [-0.4, -0.2) is 12.4 Å². The summed E-state index contributed by atoms with van der Waals surface area (Å²) >= 11 is 0. The lowest BCUT2D eigenvalue weighted by Gasteiger charge is -2.42. The van der Waals surface area contributed by atoms with Crippen molar-refractivity contribution in [3.8, 4) is 0 Å². The van der Waals surface area contributed by atoms with Gasteiger partial charge in [0.1, 0.15) is 10.8 Å². The lowest BCUT2D eigenvalue weighted by atomic mass is 9.64. The third-order valence-corrected chi connectivity index (χ3v) is 7.87. The Labute approximate surface area is 194 Å². The monoisotopic (exact) mass is 474 g/mol. The molecule has 2 aromatic rings. The molecular formula is C28H24F6. The molecule has 34 heavy (non-hydrogen) atoms. The molecule has 0 N–H and O–H groups in total. The van der Waals surface area contributed by atoms with Crippen molar-refractivity contribution in [3.05, 3.63) is 94.1 Å². The van der Waals surface area contributed by atoms with Crippen LogP contribution in [0.1, 0.15) is 71.9 Å². The minimum atomic E-state index is -4.72. The van der Waals surface area contributed by atoms with Gasteiger partial charge in [-0.05, 0) is 66.1 Å². The van der Waals surface area contributed by atoms with Gasteiger partial charge in [0.05, 0.1) is 0 Å². The van der Waals surface area contributed by atoms with Crippen LogP contribution >= 0.6 is 0 Å². The number of benzene rings is 2. The number of alkyl halides is 6. The molecule has 0 aromatic heterocycles. The second-order valence-corrected chi connectivity index (χ2v) is 9.90. The van der Waals surface area contributed by atoms with Crippen LogP contribution in [0.2, 0.25) is 0 Å². The quantitative estimate of drug-likeness (QED) is 0.309. The van der Waals surface area contributed by atoms with E-state index in [1.807, 2.05) is 24.3 Å². The Morgan fingerprint density at radius 1 is 0.676 bits per heavy atom. The van der Waals surface area contributed by atoms with Gasteiger partial charge in [-0.1, -0.05) is 66.8 Å². The zero-order valence-corrected chi connectivity index (χ0v) is 18.8. The molecule has 3 aliphatic rings. The van der Waals surface area contributed by atoms with Gasteiger partial charge in [-0.3, -0.25) is 0 Å². The van der Waals surface area contributed by atoms with E-state index in [4.69, 9.17) is 0 Å². The van der Waals surface area contributed by atoms with Crippen LogP contribution in [0.15, 0.2) is 60.7 Å². The van der Waals surface area contributed by atoms with E-state index in [1.54, 1.807) is 6.08 Å². The van der Waals surface area contributed by atoms with Gasteiger partial charge < -0.3 is 0 Å². The SMILES string of the molecule is CC1(C(F)(F)F)C=CC(C)(C(F)(F)F)c2cc3c(cc21)C=CC3CCC1C=Cc2ccccc21. The Bertz CT molecular complexity index is 1230. The van der Waals surface area contributed by atoms with Crippen molar-refractivity contribution in [3.63, 3.8) is 0 Å². The minimum Gasteiger partial charge on any atom is -0.170 e. The second-order valence-electron chi connectivity index (χ2n) is 9.90. The predicted octanol–water partition coefficient (Wildman–Crippen LogP) is 8.60. The Kier molecular flexibility index (Phi) is 4.98. The van der Waals surface area contributed by atoms with Crippen molar-refractivity contribution >= 4 is 12.2 Å². The van der Waals surface area contributed by atoms with Gasteiger partial charge in [-0.2, -0.15) is 26.3 Å². The fourth-order valence-corrected chi connectivity index (χ4v) is 5.48. The lowest BCUT2D eigenvalue weighted by Crippen LogP contribution is -2.48. The highest BCUT2D eigenvalue weighted by atomic mass is 19.4. The van der Waals surface area contributed by atoms with Crippen LogP contribution in [-0.2, 0) is 10.8 Å². The normalized spacial score (nSPS) is 29.3. The maximum absolute atomic E-state index is 14.1. The Morgan fingerprint density at radius 2 is 1.18 bits per heavy atom. The predicted molar refractivity (Wildman–Crippen MR) is 122 cm³/mol. The van der Waals surface area contributed by atoms with Crippen molar-refractivity contribution in [1.82, 2.24) is 0 Å². The Morgan fingerprint density at radius 3 is 1.76 bits per heavy atom. The molecule has 4 atom stereocenters. The van der Waals surface area contributed by atoms with Gasteiger partial charge in [0.2, 0.25) is 0 Å².